The van der Waals surface area contributed by atoms with Crippen LogP contribution in [0.5, 0.6) is 0 Å². The summed E-state index contributed by atoms with van der Waals surface area (Å²) in [5.74, 6) is 0.137. The fourth-order valence-electron chi connectivity index (χ4n) is 2.14. The Morgan fingerprint density at radius 1 is 1.28 bits per heavy atom. The second-order valence-electron chi connectivity index (χ2n) is 4.45. The molecular weight excluding hydrogens is 246 g/mol. The van der Waals surface area contributed by atoms with Gasteiger partial charge in [0.2, 0.25) is 5.91 Å². The third-order valence-electron chi connectivity index (χ3n) is 3.11. The Bertz CT molecular complexity index is 533. The first-order valence-electron chi connectivity index (χ1n) is 6.22. The highest BCUT2D eigenvalue weighted by atomic mass is 32.2. The zero-order valence-electron chi connectivity index (χ0n) is 9.98. The monoisotopic (exact) mass is 261 g/mol. The van der Waals surface area contributed by atoms with E-state index in [4.69, 9.17) is 0 Å². The highest BCUT2D eigenvalue weighted by Crippen LogP contribution is 2.27. The number of imidazole rings is 1. The maximum Gasteiger partial charge on any atom is 0.233 e. The van der Waals surface area contributed by atoms with Crippen LogP contribution in [0.4, 0.5) is 0 Å². The molecule has 1 saturated heterocycles. The van der Waals surface area contributed by atoms with E-state index >= 15 is 0 Å². The van der Waals surface area contributed by atoms with Crippen molar-refractivity contribution < 1.29 is 4.79 Å². The van der Waals surface area contributed by atoms with E-state index in [1.165, 1.54) is 11.8 Å². The Labute approximate surface area is 110 Å². The fraction of sp³-hybridized carbons (Fsp3) is 0.385. The average molecular weight is 261 g/mol. The van der Waals surface area contributed by atoms with Crippen LogP contribution in [0.2, 0.25) is 0 Å². The van der Waals surface area contributed by atoms with Crippen molar-refractivity contribution in [1.29, 1.82) is 0 Å². The van der Waals surface area contributed by atoms with Crippen molar-refractivity contribution in [3.05, 3.63) is 24.3 Å². The van der Waals surface area contributed by atoms with Crippen LogP contribution in [0.15, 0.2) is 29.4 Å². The van der Waals surface area contributed by atoms with Gasteiger partial charge in [-0.3, -0.25) is 4.79 Å². The number of fused-ring (bicyclic) bond motifs is 1. The first-order valence-corrected chi connectivity index (χ1v) is 7.10. The zero-order chi connectivity index (χ0) is 12.4. The molecule has 2 heterocycles. The molecule has 1 unspecified atom stereocenters. The van der Waals surface area contributed by atoms with E-state index in [1.54, 1.807) is 0 Å². The van der Waals surface area contributed by atoms with Crippen LogP contribution >= 0.6 is 11.8 Å². The lowest BCUT2D eigenvalue weighted by atomic mass is 10.2. The molecule has 18 heavy (non-hydrogen) atoms. The topological polar surface area (TPSA) is 57.8 Å². The first-order chi connectivity index (χ1) is 8.83. The molecule has 0 bridgehead atoms. The van der Waals surface area contributed by atoms with Gasteiger partial charge < -0.3 is 10.3 Å². The Morgan fingerprint density at radius 3 is 3.06 bits per heavy atom. The largest absolute Gasteiger partial charge is 0.355 e. The summed E-state index contributed by atoms with van der Waals surface area (Å²) in [5.41, 5.74) is 1.98. The molecule has 1 aliphatic heterocycles. The molecule has 1 atom stereocenters. The molecule has 2 N–H and O–H groups in total. The lowest BCUT2D eigenvalue weighted by molar-refractivity contribution is -0.120. The van der Waals surface area contributed by atoms with Crippen molar-refractivity contribution in [1.82, 2.24) is 15.3 Å². The molecule has 0 radical (unpaired) electrons. The summed E-state index contributed by atoms with van der Waals surface area (Å²) in [6.45, 7) is 0.802. The number of hydrogen-bond acceptors (Lipinski definition) is 3. The van der Waals surface area contributed by atoms with E-state index in [9.17, 15) is 4.79 Å². The molecule has 1 aromatic carbocycles. The molecule has 0 aliphatic carbocycles. The van der Waals surface area contributed by atoms with Crippen molar-refractivity contribution in [3.8, 4) is 0 Å². The van der Waals surface area contributed by atoms with E-state index in [-0.39, 0.29) is 11.2 Å². The van der Waals surface area contributed by atoms with Crippen molar-refractivity contribution in [2.45, 2.75) is 29.7 Å². The number of H-pyrrole nitrogens is 1. The van der Waals surface area contributed by atoms with Crippen LogP contribution in [0.3, 0.4) is 0 Å². The van der Waals surface area contributed by atoms with Crippen LogP contribution in [0.25, 0.3) is 11.0 Å². The maximum absolute atomic E-state index is 11.9. The molecule has 1 aliphatic rings. The molecule has 3 rings (SSSR count). The van der Waals surface area contributed by atoms with Gasteiger partial charge in [-0.1, -0.05) is 30.3 Å². The van der Waals surface area contributed by atoms with E-state index in [1.807, 2.05) is 24.3 Å². The van der Waals surface area contributed by atoms with Gasteiger partial charge in [0.15, 0.2) is 5.16 Å². The lowest BCUT2D eigenvalue weighted by Gasteiger charge is -2.09. The standard InChI is InChI=1S/C13H15N3OS/c17-12-11(7-3-4-8-14-12)18-13-15-9-5-1-2-6-10(9)16-13/h1-2,5-6,11H,3-4,7-8H2,(H,14,17)(H,15,16). The minimum Gasteiger partial charge on any atom is -0.355 e. The van der Waals surface area contributed by atoms with Gasteiger partial charge in [-0.25, -0.2) is 4.98 Å². The van der Waals surface area contributed by atoms with E-state index in [0.29, 0.717) is 0 Å². The smallest absolute Gasteiger partial charge is 0.233 e. The molecule has 1 fully saturated rings. The Balaban J connectivity index is 1.80. The number of aromatic nitrogens is 2. The number of rotatable bonds is 2. The summed E-state index contributed by atoms with van der Waals surface area (Å²) in [6, 6.07) is 7.92. The summed E-state index contributed by atoms with van der Waals surface area (Å²) in [7, 11) is 0. The summed E-state index contributed by atoms with van der Waals surface area (Å²) in [4.78, 5) is 19.6. The summed E-state index contributed by atoms with van der Waals surface area (Å²) in [5, 5.41) is 3.76. The van der Waals surface area contributed by atoms with Gasteiger partial charge in [0.05, 0.1) is 16.3 Å². The van der Waals surface area contributed by atoms with Crippen molar-refractivity contribution in [2.75, 3.05) is 6.54 Å². The summed E-state index contributed by atoms with van der Waals surface area (Å²) >= 11 is 1.53. The number of para-hydroxylation sites is 2. The molecule has 1 aromatic heterocycles. The summed E-state index contributed by atoms with van der Waals surface area (Å²) < 4.78 is 0. The number of nitrogens with one attached hydrogen (secondary N) is 2. The van der Waals surface area contributed by atoms with Gasteiger partial charge in [-0.05, 0) is 25.0 Å². The predicted octanol–water partition coefficient (Wildman–Crippen LogP) is 2.32. The Morgan fingerprint density at radius 2 is 2.17 bits per heavy atom. The third-order valence-corrected chi connectivity index (χ3v) is 4.26. The normalized spacial score (nSPS) is 20.7. The second-order valence-corrected chi connectivity index (χ2v) is 5.64. The van der Waals surface area contributed by atoms with Gasteiger partial charge in [-0.15, -0.1) is 0 Å². The van der Waals surface area contributed by atoms with E-state index in [2.05, 4.69) is 15.3 Å². The van der Waals surface area contributed by atoms with Crippen molar-refractivity contribution in [2.24, 2.45) is 0 Å². The van der Waals surface area contributed by atoms with Gasteiger partial charge in [0.1, 0.15) is 0 Å². The number of thioether (sulfide) groups is 1. The van der Waals surface area contributed by atoms with Crippen LogP contribution in [0, 0.1) is 0 Å². The van der Waals surface area contributed by atoms with E-state index < -0.39 is 0 Å². The predicted molar refractivity (Wildman–Crippen MR) is 72.6 cm³/mol. The minimum absolute atomic E-state index is 0.0203. The number of aromatic amines is 1. The van der Waals surface area contributed by atoms with Gasteiger partial charge in [-0.2, -0.15) is 0 Å². The van der Waals surface area contributed by atoms with Crippen LogP contribution in [-0.2, 0) is 4.79 Å². The highest BCUT2D eigenvalue weighted by molar-refractivity contribution is 8.00. The maximum atomic E-state index is 11.9. The van der Waals surface area contributed by atoms with Crippen LogP contribution in [0.1, 0.15) is 19.3 Å². The number of carbonyl (C=O) groups excluding carboxylic acids is 1. The first kappa shape index (κ1) is 11.6. The van der Waals surface area contributed by atoms with Gasteiger partial charge in [0.25, 0.3) is 0 Å². The number of hydrogen-bond donors (Lipinski definition) is 2. The van der Waals surface area contributed by atoms with Crippen LogP contribution in [-0.4, -0.2) is 27.7 Å². The molecule has 94 valence electrons. The minimum atomic E-state index is -0.0203. The molecule has 0 spiro atoms. The number of benzene rings is 1. The Hall–Kier alpha value is -1.49. The molecular formula is C13H15N3OS. The number of amides is 1. The fourth-order valence-corrected chi connectivity index (χ4v) is 3.21. The third kappa shape index (κ3) is 2.36. The molecule has 5 heteroatoms. The average Bonchev–Trinajstić information content (AvgIpc) is 2.68. The SMILES string of the molecule is O=C1NCCCCC1Sc1nc2ccccc2[nH]1. The lowest BCUT2D eigenvalue weighted by Crippen LogP contribution is -2.30. The molecule has 4 nitrogen and oxygen atoms in total. The summed E-state index contributed by atoms with van der Waals surface area (Å²) in [6.07, 6.45) is 3.09. The van der Waals surface area contributed by atoms with Crippen LogP contribution < -0.4 is 5.32 Å². The number of nitrogens with zero attached hydrogens (tertiary/aromatic N) is 1. The molecule has 0 saturated carbocycles. The molecule has 2 aromatic rings. The van der Waals surface area contributed by atoms with Gasteiger partial charge >= 0.3 is 0 Å². The second kappa shape index (κ2) is 5.02. The Kier molecular flexibility index (Phi) is 3.23. The van der Waals surface area contributed by atoms with Crippen molar-refractivity contribution >= 4 is 28.7 Å². The van der Waals surface area contributed by atoms with E-state index in [0.717, 1.165) is 42.0 Å². The van der Waals surface area contributed by atoms with Gasteiger partial charge in [0, 0.05) is 6.54 Å². The quantitative estimate of drug-likeness (QED) is 0.872. The highest BCUT2D eigenvalue weighted by Gasteiger charge is 2.22. The zero-order valence-corrected chi connectivity index (χ0v) is 10.8. The number of carbonyl (C=O) groups is 1. The van der Waals surface area contributed by atoms with Crippen molar-refractivity contribution in [3.63, 3.8) is 0 Å². The molecule has 1 amide bonds.